The van der Waals surface area contributed by atoms with Crippen molar-refractivity contribution in [3.63, 3.8) is 0 Å². The molecule has 9 heteroatoms. The number of carbonyl (C=O) groups excluding carboxylic acids is 2. The summed E-state index contributed by atoms with van der Waals surface area (Å²) in [7, 11) is 1.81. The van der Waals surface area contributed by atoms with E-state index in [2.05, 4.69) is 20.8 Å². The monoisotopic (exact) mass is 443 g/mol. The smallest absolute Gasteiger partial charge is 0.252 e. The molecule has 0 saturated heterocycles. The Bertz CT molecular complexity index is 1070. The minimum Gasteiger partial charge on any atom is -0.342 e. The number of para-hydroxylation sites is 1. The molecule has 0 aliphatic heterocycles. The van der Waals surface area contributed by atoms with Crippen molar-refractivity contribution < 1.29 is 9.59 Å². The SMILES string of the molecule is Cc1ccccc1C(=O)N[C@H](C)c1nnc(SCC(=O)Nc2ccccc2Cl)n1C. The normalized spacial score (nSPS) is 11.7. The maximum Gasteiger partial charge on any atom is 0.252 e. The number of carbonyl (C=O) groups is 2. The lowest BCUT2D eigenvalue weighted by molar-refractivity contribution is -0.113. The van der Waals surface area contributed by atoms with Gasteiger partial charge in [-0.1, -0.05) is 53.7 Å². The molecule has 0 aliphatic rings. The second-order valence-corrected chi connectivity index (χ2v) is 8.08. The summed E-state index contributed by atoms with van der Waals surface area (Å²) in [6, 6.07) is 14.1. The zero-order chi connectivity index (χ0) is 21.7. The average molecular weight is 444 g/mol. The minimum atomic E-state index is -0.346. The second kappa shape index (κ2) is 9.77. The molecule has 3 rings (SSSR count). The number of aromatic nitrogens is 3. The van der Waals surface area contributed by atoms with Crippen LogP contribution in [-0.4, -0.2) is 32.3 Å². The first-order valence-electron chi connectivity index (χ1n) is 9.29. The molecule has 7 nitrogen and oxygen atoms in total. The molecule has 1 atom stereocenters. The topological polar surface area (TPSA) is 88.9 Å². The van der Waals surface area contributed by atoms with Crippen LogP contribution in [0.1, 0.15) is 34.7 Å². The van der Waals surface area contributed by atoms with E-state index in [0.29, 0.717) is 27.3 Å². The van der Waals surface area contributed by atoms with Gasteiger partial charge in [0.2, 0.25) is 5.91 Å². The number of hydrogen-bond donors (Lipinski definition) is 2. The van der Waals surface area contributed by atoms with Gasteiger partial charge in [0.05, 0.1) is 22.5 Å². The lowest BCUT2D eigenvalue weighted by Gasteiger charge is -2.14. The summed E-state index contributed by atoms with van der Waals surface area (Å²) < 4.78 is 1.77. The zero-order valence-electron chi connectivity index (χ0n) is 16.8. The molecule has 30 heavy (non-hydrogen) atoms. The van der Waals surface area contributed by atoms with Gasteiger partial charge in [-0.05, 0) is 37.6 Å². The van der Waals surface area contributed by atoms with Crippen molar-refractivity contribution in [3.05, 3.63) is 70.5 Å². The molecule has 156 valence electrons. The summed E-state index contributed by atoms with van der Waals surface area (Å²) in [6.45, 7) is 3.74. The predicted molar refractivity (Wildman–Crippen MR) is 119 cm³/mol. The van der Waals surface area contributed by atoms with Gasteiger partial charge < -0.3 is 15.2 Å². The second-order valence-electron chi connectivity index (χ2n) is 6.73. The molecule has 0 bridgehead atoms. The number of rotatable bonds is 7. The number of anilines is 1. The first-order valence-corrected chi connectivity index (χ1v) is 10.7. The van der Waals surface area contributed by atoms with Crippen LogP contribution in [0.3, 0.4) is 0 Å². The van der Waals surface area contributed by atoms with Gasteiger partial charge in [0, 0.05) is 12.6 Å². The van der Waals surface area contributed by atoms with E-state index < -0.39 is 0 Å². The number of benzene rings is 2. The lowest BCUT2D eigenvalue weighted by atomic mass is 10.1. The van der Waals surface area contributed by atoms with Crippen LogP contribution in [0.4, 0.5) is 5.69 Å². The first-order chi connectivity index (χ1) is 14.4. The molecule has 0 spiro atoms. The van der Waals surface area contributed by atoms with Crippen LogP contribution < -0.4 is 10.6 Å². The Kier molecular flexibility index (Phi) is 7.12. The minimum absolute atomic E-state index is 0.154. The molecule has 2 aromatic carbocycles. The fourth-order valence-corrected chi connectivity index (χ4v) is 3.78. The average Bonchev–Trinajstić information content (AvgIpc) is 3.09. The third-order valence-electron chi connectivity index (χ3n) is 4.47. The maximum absolute atomic E-state index is 12.5. The van der Waals surface area contributed by atoms with Crippen LogP contribution in [-0.2, 0) is 11.8 Å². The van der Waals surface area contributed by atoms with E-state index in [9.17, 15) is 9.59 Å². The van der Waals surface area contributed by atoms with Crippen LogP contribution in [0.25, 0.3) is 0 Å². The van der Waals surface area contributed by atoms with E-state index in [0.717, 1.165) is 5.56 Å². The molecule has 2 N–H and O–H groups in total. The van der Waals surface area contributed by atoms with Crippen molar-refractivity contribution in [1.29, 1.82) is 0 Å². The van der Waals surface area contributed by atoms with E-state index >= 15 is 0 Å². The standard InChI is InChI=1S/C21H22ClN5O2S/c1-13-8-4-5-9-15(13)20(29)23-14(2)19-25-26-21(27(19)3)30-12-18(28)24-17-11-7-6-10-16(17)22/h4-11,14H,12H2,1-3H3,(H,23,29)(H,24,28)/t14-/m1/s1. The Morgan fingerprint density at radius 1 is 1.13 bits per heavy atom. The summed E-state index contributed by atoms with van der Waals surface area (Å²) >= 11 is 7.32. The maximum atomic E-state index is 12.5. The predicted octanol–water partition coefficient (Wildman–Crippen LogP) is 4.00. The number of hydrogen-bond acceptors (Lipinski definition) is 5. The number of nitrogens with one attached hydrogen (secondary N) is 2. The summed E-state index contributed by atoms with van der Waals surface area (Å²) in [6.07, 6.45) is 0. The molecule has 1 heterocycles. The summed E-state index contributed by atoms with van der Waals surface area (Å²) in [5.41, 5.74) is 2.09. The van der Waals surface area contributed by atoms with Gasteiger partial charge in [-0.2, -0.15) is 0 Å². The highest BCUT2D eigenvalue weighted by Crippen LogP contribution is 2.23. The van der Waals surface area contributed by atoms with Crippen molar-refractivity contribution in [2.75, 3.05) is 11.1 Å². The number of thioether (sulfide) groups is 1. The van der Waals surface area contributed by atoms with E-state index in [1.165, 1.54) is 11.8 Å². The Morgan fingerprint density at radius 2 is 1.83 bits per heavy atom. The van der Waals surface area contributed by atoms with Crippen molar-refractivity contribution in [3.8, 4) is 0 Å². The molecular formula is C21H22ClN5O2S. The summed E-state index contributed by atoms with van der Waals surface area (Å²) in [4.78, 5) is 24.8. The summed E-state index contributed by atoms with van der Waals surface area (Å²) in [5, 5.41) is 15.1. The van der Waals surface area contributed by atoms with Gasteiger partial charge in [0.15, 0.2) is 11.0 Å². The molecule has 2 amide bonds. The third-order valence-corrected chi connectivity index (χ3v) is 5.82. The Labute approximate surface area is 184 Å². The Hall–Kier alpha value is -2.84. The van der Waals surface area contributed by atoms with Crippen molar-refractivity contribution in [2.45, 2.75) is 25.0 Å². The fraction of sp³-hybridized carbons (Fsp3) is 0.238. The van der Waals surface area contributed by atoms with Crippen molar-refractivity contribution in [2.24, 2.45) is 7.05 Å². The van der Waals surface area contributed by atoms with Gasteiger partial charge in [0.25, 0.3) is 5.91 Å². The van der Waals surface area contributed by atoms with Crippen molar-refractivity contribution in [1.82, 2.24) is 20.1 Å². The largest absolute Gasteiger partial charge is 0.342 e. The fourth-order valence-electron chi connectivity index (χ4n) is 2.87. The van der Waals surface area contributed by atoms with E-state index in [1.54, 1.807) is 41.9 Å². The van der Waals surface area contributed by atoms with E-state index in [-0.39, 0.29) is 23.6 Å². The highest BCUT2D eigenvalue weighted by Gasteiger charge is 2.19. The zero-order valence-corrected chi connectivity index (χ0v) is 18.4. The number of halogens is 1. The van der Waals surface area contributed by atoms with Crippen molar-refractivity contribution >= 4 is 40.9 Å². The molecule has 0 unspecified atom stereocenters. The molecular weight excluding hydrogens is 422 g/mol. The molecule has 3 aromatic rings. The molecule has 0 aliphatic carbocycles. The van der Waals surface area contributed by atoms with Crippen LogP contribution in [0.15, 0.2) is 53.7 Å². The number of nitrogens with zero attached hydrogens (tertiary/aromatic N) is 3. The lowest BCUT2D eigenvalue weighted by Crippen LogP contribution is -2.29. The van der Waals surface area contributed by atoms with Gasteiger partial charge >= 0.3 is 0 Å². The van der Waals surface area contributed by atoms with Gasteiger partial charge in [-0.15, -0.1) is 10.2 Å². The number of amides is 2. The molecule has 0 saturated carbocycles. The van der Waals surface area contributed by atoms with E-state index in [1.807, 2.05) is 32.0 Å². The Balaban J connectivity index is 1.60. The van der Waals surface area contributed by atoms with Gasteiger partial charge in [0.1, 0.15) is 0 Å². The van der Waals surface area contributed by atoms with E-state index in [4.69, 9.17) is 11.6 Å². The van der Waals surface area contributed by atoms with Crippen LogP contribution in [0.2, 0.25) is 5.02 Å². The Morgan fingerprint density at radius 3 is 2.57 bits per heavy atom. The van der Waals surface area contributed by atoms with Crippen LogP contribution in [0.5, 0.6) is 0 Å². The highest BCUT2D eigenvalue weighted by molar-refractivity contribution is 7.99. The first kappa shape index (κ1) is 21.9. The summed E-state index contributed by atoms with van der Waals surface area (Å²) in [5.74, 6) is 0.391. The highest BCUT2D eigenvalue weighted by atomic mass is 35.5. The van der Waals surface area contributed by atoms with Gasteiger partial charge in [-0.3, -0.25) is 9.59 Å². The quantitative estimate of drug-likeness (QED) is 0.539. The van der Waals surface area contributed by atoms with Crippen LogP contribution in [0, 0.1) is 6.92 Å². The molecule has 0 radical (unpaired) electrons. The molecule has 1 aromatic heterocycles. The molecule has 0 fully saturated rings. The third kappa shape index (κ3) is 5.20. The number of aryl methyl sites for hydroxylation is 1. The van der Waals surface area contributed by atoms with Crippen LogP contribution >= 0.6 is 23.4 Å². The van der Waals surface area contributed by atoms with Gasteiger partial charge in [-0.25, -0.2) is 0 Å².